The summed E-state index contributed by atoms with van der Waals surface area (Å²) in [6.45, 7) is 0. The van der Waals surface area contributed by atoms with Gasteiger partial charge in [0, 0.05) is 16.1 Å². The van der Waals surface area contributed by atoms with Crippen LogP contribution in [-0.2, 0) is 11.8 Å². The molecule has 1 rings (SSSR count). The Hall–Kier alpha value is -1.14. The van der Waals surface area contributed by atoms with Gasteiger partial charge in [-0.25, -0.2) is 4.39 Å². The molecule has 1 aromatic carbocycles. The first-order valence-corrected chi connectivity index (χ1v) is 6.16. The number of halogens is 13. The van der Waals surface area contributed by atoms with Crippen molar-refractivity contribution in [3.63, 3.8) is 0 Å². The van der Waals surface area contributed by atoms with Crippen LogP contribution in [0.5, 0.6) is 0 Å². The Morgan fingerprint density at radius 3 is 1.46 bits per heavy atom. The van der Waals surface area contributed by atoms with E-state index in [1.807, 2.05) is 15.9 Å². The summed E-state index contributed by atoms with van der Waals surface area (Å²) in [5.41, 5.74) is -10.5. The smallest absolute Gasteiger partial charge is 0.221 e. The zero-order valence-electron chi connectivity index (χ0n) is 10.6. The van der Waals surface area contributed by atoms with E-state index in [1.165, 1.54) is 0 Å². The SMILES string of the molecule is FC(F)(F)c1[c]c(Br)c(C(F)(C(F)(F)F)C(F)(F)C(F)(F)F)cc1. The van der Waals surface area contributed by atoms with Crippen LogP contribution < -0.4 is 0 Å². The molecule has 1 radical (unpaired) electrons. The number of alkyl halides is 12. The largest absolute Gasteiger partial charge is 0.457 e. The van der Waals surface area contributed by atoms with Crippen LogP contribution in [0.25, 0.3) is 0 Å². The Morgan fingerprint density at radius 2 is 1.17 bits per heavy atom. The maximum Gasteiger partial charge on any atom is 0.457 e. The summed E-state index contributed by atoms with van der Waals surface area (Å²) in [5.74, 6) is -6.98. The van der Waals surface area contributed by atoms with Crippen molar-refractivity contribution in [1.82, 2.24) is 0 Å². The minimum absolute atomic E-state index is 0.299. The van der Waals surface area contributed by atoms with E-state index in [9.17, 15) is 52.7 Å². The van der Waals surface area contributed by atoms with Crippen molar-refractivity contribution in [2.75, 3.05) is 0 Å². The molecule has 0 aromatic heterocycles. The summed E-state index contributed by atoms with van der Waals surface area (Å²) < 4.78 is 151. The molecule has 24 heavy (non-hydrogen) atoms. The van der Waals surface area contributed by atoms with Crippen molar-refractivity contribution < 1.29 is 52.7 Å². The lowest BCUT2D eigenvalue weighted by Crippen LogP contribution is -2.59. The maximum atomic E-state index is 14.1. The number of hydrogen-bond acceptors (Lipinski definition) is 0. The minimum atomic E-state index is -6.98. The molecule has 0 saturated carbocycles. The van der Waals surface area contributed by atoms with E-state index in [2.05, 4.69) is 0 Å². The average Bonchev–Trinajstić information content (AvgIpc) is 2.33. The zero-order valence-corrected chi connectivity index (χ0v) is 12.2. The first-order chi connectivity index (χ1) is 10.4. The Balaban J connectivity index is 3.73. The van der Waals surface area contributed by atoms with E-state index in [0.29, 0.717) is 0 Å². The van der Waals surface area contributed by atoms with Crippen LogP contribution >= 0.6 is 15.9 Å². The van der Waals surface area contributed by atoms with Gasteiger partial charge in [-0.2, -0.15) is 48.3 Å². The van der Waals surface area contributed by atoms with Gasteiger partial charge in [0.2, 0.25) is 0 Å². The van der Waals surface area contributed by atoms with Crippen LogP contribution in [0.15, 0.2) is 16.6 Å². The maximum absolute atomic E-state index is 14.1. The second-order valence-electron chi connectivity index (χ2n) is 4.33. The quantitative estimate of drug-likeness (QED) is 0.480. The van der Waals surface area contributed by atoms with Gasteiger partial charge in [-0.15, -0.1) is 0 Å². The molecule has 0 bridgehead atoms. The Kier molecular flexibility index (Phi) is 4.96. The van der Waals surface area contributed by atoms with Crippen LogP contribution in [0.4, 0.5) is 52.7 Å². The summed E-state index contributed by atoms with van der Waals surface area (Å²) >= 11 is 1.93. The Morgan fingerprint density at radius 1 is 0.708 bits per heavy atom. The van der Waals surface area contributed by atoms with E-state index in [4.69, 9.17) is 0 Å². The summed E-state index contributed by atoms with van der Waals surface area (Å²) in [4.78, 5) is 0. The molecule has 0 fully saturated rings. The molecule has 1 unspecified atom stereocenters. The summed E-state index contributed by atoms with van der Waals surface area (Å²) in [6.07, 6.45) is -19.0. The molecule has 0 saturated heterocycles. The van der Waals surface area contributed by atoms with E-state index in [-0.39, 0.29) is 6.07 Å². The van der Waals surface area contributed by atoms with Gasteiger partial charge in [0.05, 0.1) is 5.56 Å². The molecule has 13 heteroatoms. The summed E-state index contributed by atoms with van der Waals surface area (Å²) in [7, 11) is 0. The normalized spacial score (nSPS) is 16.9. The monoisotopic (exact) mass is 441 g/mol. The van der Waals surface area contributed by atoms with Crippen molar-refractivity contribution in [2.45, 2.75) is 30.1 Å². The summed E-state index contributed by atoms with van der Waals surface area (Å²) in [5, 5.41) is 0. The molecule has 0 amide bonds. The van der Waals surface area contributed by atoms with Crippen LogP contribution in [0.2, 0.25) is 0 Å². The average molecular weight is 442 g/mol. The second kappa shape index (κ2) is 5.70. The molecule has 0 nitrogen and oxygen atoms in total. The fourth-order valence-electron chi connectivity index (χ4n) is 1.59. The molecule has 1 aromatic rings. The highest BCUT2D eigenvalue weighted by atomic mass is 79.9. The molecule has 0 aliphatic rings. The predicted molar refractivity (Wildman–Crippen MR) is 57.8 cm³/mol. The number of hydrogen-bond donors (Lipinski definition) is 0. The molecule has 0 heterocycles. The lowest BCUT2D eigenvalue weighted by atomic mass is 9.87. The van der Waals surface area contributed by atoms with E-state index in [1.54, 1.807) is 0 Å². The van der Waals surface area contributed by atoms with Gasteiger partial charge in [-0.05, 0) is 22.0 Å². The fraction of sp³-hybridized carbons (Fsp3) is 0.455. The third-order valence-electron chi connectivity index (χ3n) is 2.75. The van der Waals surface area contributed by atoms with E-state index >= 15 is 0 Å². The fourth-order valence-corrected chi connectivity index (χ4v) is 2.21. The van der Waals surface area contributed by atoms with Gasteiger partial charge in [0.1, 0.15) is 0 Å². The molecule has 1 atom stereocenters. The van der Waals surface area contributed by atoms with Gasteiger partial charge in [0.15, 0.2) is 0 Å². The van der Waals surface area contributed by atoms with Crippen molar-refractivity contribution in [3.05, 3.63) is 33.8 Å². The lowest BCUT2D eigenvalue weighted by Gasteiger charge is -2.36. The molecule has 0 N–H and O–H groups in total. The van der Waals surface area contributed by atoms with Crippen molar-refractivity contribution in [2.24, 2.45) is 0 Å². The number of rotatable bonds is 2. The van der Waals surface area contributed by atoms with Crippen LogP contribution in [0.3, 0.4) is 0 Å². The highest BCUT2D eigenvalue weighted by molar-refractivity contribution is 9.10. The van der Waals surface area contributed by atoms with Crippen LogP contribution in [-0.4, -0.2) is 18.3 Å². The van der Waals surface area contributed by atoms with Crippen LogP contribution in [0.1, 0.15) is 11.1 Å². The highest BCUT2D eigenvalue weighted by Gasteiger charge is 2.82. The van der Waals surface area contributed by atoms with Crippen molar-refractivity contribution >= 4 is 15.9 Å². The minimum Gasteiger partial charge on any atom is -0.221 e. The third-order valence-corrected chi connectivity index (χ3v) is 3.38. The molecular weight excluding hydrogens is 440 g/mol. The van der Waals surface area contributed by atoms with Gasteiger partial charge >= 0.3 is 30.1 Å². The van der Waals surface area contributed by atoms with E-state index < -0.39 is 51.8 Å². The molecule has 0 aliphatic carbocycles. The Labute approximate surface area is 133 Å². The van der Waals surface area contributed by atoms with Gasteiger partial charge in [-0.3, -0.25) is 0 Å². The molecule has 137 valence electrons. The molecule has 0 aliphatic heterocycles. The van der Waals surface area contributed by atoms with Gasteiger partial charge in [0.25, 0.3) is 0 Å². The predicted octanol–water partition coefficient (Wildman–Crippen LogP) is 6.19. The van der Waals surface area contributed by atoms with Gasteiger partial charge < -0.3 is 0 Å². The molecular formula is C11H2BrF12. The topological polar surface area (TPSA) is 0 Å². The zero-order chi connectivity index (χ0) is 19.4. The van der Waals surface area contributed by atoms with E-state index in [0.717, 1.165) is 6.07 Å². The van der Waals surface area contributed by atoms with Crippen molar-refractivity contribution in [3.8, 4) is 0 Å². The highest BCUT2D eigenvalue weighted by Crippen LogP contribution is 2.59. The standard InChI is InChI=1S/C11H2BrF12/c12-6-3-4(8(14,15)16)1-2-5(6)7(13,10(19,20)21)9(17,18)11(22,23)24/h1-2H. The first-order valence-electron chi connectivity index (χ1n) is 5.37. The molecule has 0 spiro atoms. The second-order valence-corrected chi connectivity index (χ2v) is 5.12. The van der Waals surface area contributed by atoms with Crippen molar-refractivity contribution in [1.29, 1.82) is 0 Å². The summed E-state index contributed by atoms with van der Waals surface area (Å²) in [6, 6.07) is 0.307. The third kappa shape index (κ3) is 3.18. The lowest BCUT2D eigenvalue weighted by molar-refractivity contribution is -0.389. The first kappa shape index (κ1) is 20.9. The van der Waals surface area contributed by atoms with Gasteiger partial charge in [-0.1, -0.05) is 6.07 Å². The Bertz CT molecular complexity index is 611. The van der Waals surface area contributed by atoms with Crippen LogP contribution in [0, 0.1) is 6.07 Å². The number of benzene rings is 1.